The van der Waals surface area contributed by atoms with Gasteiger partial charge in [0.1, 0.15) is 11.8 Å². The lowest BCUT2D eigenvalue weighted by Crippen LogP contribution is -2.48. The molecular weight excluding hydrogens is 244 g/mol. The summed E-state index contributed by atoms with van der Waals surface area (Å²) in [6.45, 7) is 2.77. The molecule has 3 heterocycles. The molecule has 3 rings (SSSR count). The van der Waals surface area contributed by atoms with Gasteiger partial charge in [0.2, 0.25) is 5.91 Å². The summed E-state index contributed by atoms with van der Waals surface area (Å²) >= 11 is 0. The van der Waals surface area contributed by atoms with E-state index in [2.05, 4.69) is 15.0 Å². The first-order valence-corrected chi connectivity index (χ1v) is 6.18. The number of amides is 1. The van der Waals surface area contributed by atoms with Crippen LogP contribution in [0.5, 0.6) is 0 Å². The van der Waals surface area contributed by atoms with Crippen molar-refractivity contribution in [3.63, 3.8) is 0 Å². The van der Waals surface area contributed by atoms with Crippen molar-refractivity contribution >= 4 is 17.2 Å². The molecule has 2 N–H and O–H groups in total. The van der Waals surface area contributed by atoms with Gasteiger partial charge in [0.25, 0.3) is 0 Å². The normalized spacial score (nSPS) is 17.3. The number of nitrogens with two attached hydrogens (primary N) is 1. The third-order valence-corrected chi connectivity index (χ3v) is 3.48. The highest BCUT2D eigenvalue weighted by atomic mass is 16.2. The van der Waals surface area contributed by atoms with Crippen LogP contribution in [0.2, 0.25) is 0 Å². The first-order chi connectivity index (χ1) is 9.15. The van der Waals surface area contributed by atoms with Gasteiger partial charge in [0, 0.05) is 26.7 Å². The molecule has 0 aromatic carbocycles. The number of nitrogen functional groups attached to an aromatic ring is 1. The Bertz CT molecular complexity index is 622. The molecule has 0 unspecified atom stereocenters. The largest absolute Gasteiger partial charge is 0.382 e. The van der Waals surface area contributed by atoms with Crippen LogP contribution in [0.1, 0.15) is 5.69 Å². The lowest BCUT2D eigenvalue weighted by molar-refractivity contribution is -0.134. The molecule has 1 amide bonds. The predicted octanol–water partition coefficient (Wildman–Crippen LogP) is -0.414. The Labute approximate surface area is 110 Å². The summed E-state index contributed by atoms with van der Waals surface area (Å²) in [7, 11) is 1.83. The van der Waals surface area contributed by atoms with Gasteiger partial charge in [-0.05, 0) is 12.1 Å². The molecule has 7 heteroatoms. The van der Waals surface area contributed by atoms with Crippen LogP contribution in [-0.4, -0.2) is 57.0 Å². The van der Waals surface area contributed by atoms with Gasteiger partial charge in [-0.1, -0.05) is 0 Å². The Morgan fingerprint density at radius 2 is 2.21 bits per heavy atom. The molecule has 100 valence electrons. The first kappa shape index (κ1) is 11.9. The number of piperazine rings is 1. The Kier molecular flexibility index (Phi) is 2.83. The summed E-state index contributed by atoms with van der Waals surface area (Å²) in [5.74, 6) is 0.622. The number of carbonyl (C=O) groups excluding carboxylic acids is 1. The molecular formula is C12H16N6O. The maximum Gasteiger partial charge on any atom is 0.236 e. The zero-order valence-corrected chi connectivity index (χ0v) is 10.8. The number of rotatable bonds is 2. The van der Waals surface area contributed by atoms with Crippen molar-refractivity contribution in [2.75, 3.05) is 32.4 Å². The molecule has 1 aliphatic rings. The van der Waals surface area contributed by atoms with Crippen LogP contribution in [-0.2, 0) is 11.3 Å². The maximum absolute atomic E-state index is 11.7. The smallest absolute Gasteiger partial charge is 0.236 e. The summed E-state index contributed by atoms with van der Waals surface area (Å²) in [6, 6.07) is 3.88. The molecule has 19 heavy (non-hydrogen) atoms. The third-order valence-electron chi connectivity index (χ3n) is 3.48. The van der Waals surface area contributed by atoms with Crippen molar-refractivity contribution in [3.8, 4) is 0 Å². The van der Waals surface area contributed by atoms with Crippen molar-refractivity contribution in [2.45, 2.75) is 6.54 Å². The van der Waals surface area contributed by atoms with Crippen LogP contribution in [0.25, 0.3) is 5.52 Å². The van der Waals surface area contributed by atoms with Crippen molar-refractivity contribution < 1.29 is 4.79 Å². The molecule has 1 fully saturated rings. The molecule has 1 aliphatic heterocycles. The highest BCUT2D eigenvalue weighted by Crippen LogP contribution is 2.15. The SMILES string of the molecule is CN1CCN(Cc2ccc3c(N)ncnn23)CC1=O. The fourth-order valence-electron chi connectivity index (χ4n) is 2.30. The first-order valence-electron chi connectivity index (χ1n) is 6.18. The van der Waals surface area contributed by atoms with E-state index in [0.717, 1.165) is 24.3 Å². The van der Waals surface area contributed by atoms with Crippen molar-refractivity contribution in [2.24, 2.45) is 0 Å². The van der Waals surface area contributed by atoms with E-state index in [1.807, 2.05) is 19.2 Å². The van der Waals surface area contributed by atoms with E-state index in [0.29, 0.717) is 18.9 Å². The number of anilines is 1. The molecule has 2 aromatic heterocycles. The number of hydrogen-bond acceptors (Lipinski definition) is 5. The molecule has 0 atom stereocenters. The number of likely N-dealkylation sites (N-methyl/N-ethyl adjacent to an activating group) is 1. The molecule has 2 aromatic rings. The molecule has 0 radical (unpaired) electrons. The highest BCUT2D eigenvalue weighted by molar-refractivity contribution is 5.78. The summed E-state index contributed by atoms with van der Waals surface area (Å²) in [5, 5.41) is 4.21. The second-order valence-electron chi connectivity index (χ2n) is 4.79. The Morgan fingerprint density at radius 1 is 1.37 bits per heavy atom. The van der Waals surface area contributed by atoms with E-state index in [9.17, 15) is 4.79 Å². The zero-order valence-electron chi connectivity index (χ0n) is 10.8. The Balaban J connectivity index is 1.82. The van der Waals surface area contributed by atoms with Crippen LogP contribution in [0.15, 0.2) is 18.5 Å². The molecule has 0 saturated carbocycles. The standard InChI is InChI=1S/C12H16N6O/c1-16-4-5-17(7-11(16)19)6-9-2-3-10-12(13)14-8-15-18(9)10/h2-3,8H,4-7H2,1H3,(H2,13,14,15). The molecule has 0 aliphatic carbocycles. The lowest BCUT2D eigenvalue weighted by Gasteiger charge is -2.31. The number of hydrogen-bond donors (Lipinski definition) is 1. The van der Waals surface area contributed by atoms with Crippen LogP contribution >= 0.6 is 0 Å². The quantitative estimate of drug-likeness (QED) is 0.793. The van der Waals surface area contributed by atoms with Crippen LogP contribution < -0.4 is 5.73 Å². The Hall–Kier alpha value is -2.15. The Morgan fingerprint density at radius 3 is 3.00 bits per heavy atom. The predicted molar refractivity (Wildman–Crippen MR) is 70.3 cm³/mol. The second kappa shape index (κ2) is 4.51. The van der Waals surface area contributed by atoms with Crippen LogP contribution in [0.3, 0.4) is 0 Å². The third kappa shape index (κ3) is 2.12. The van der Waals surface area contributed by atoms with E-state index in [1.165, 1.54) is 6.33 Å². The van der Waals surface area contributed by atoms with E-state index < -0.39 is 0 Å². The van der Waals surface area contributed by atoms with Gasteiger partial charge in [0.15, 0.2) is 5.82 Å². The molecule has 0 spiro atoms. The van der Waals surface area contributed by atoms with Crippen molar-refractivity contribution in [1.82, 2.24) is 24.4 Å². The summed E-state index contributed by atoms with van der Waals surface area (Å²) in [4.78, 5) is 19.5. The topological polar surface area (TPSA) is 79.8 Å². The molecule has 0 bridgehead atoms. The fourth-order valence-corrected chi connectivity index (χ4v) is 2.30. The highest BCUT2D eigenvalue weighted by Gasteiger charge is 2.21. The number of carbonyl (C=O) groups is 1. The minimum atomic E-state index is 0.154. The maximum atomic E-state index is 11.7. The van der Waals surface area contributed by atoms with Gasteiger partial charge in [-0.25, -0.2) is 9.50 Å². The van der Waals surface area contributed by atoms with Gasteiger partial charge >= 0.3 is 0 Å². The van der Waals surface area contributed by atoms with Crippen molar-refractivity contribution in [1.29, 1.82) is 0 Å². The summed E-state index contributed by atoms with van der Waals surface area (Å²) in [6.07, 6.45) is 1.45. The van der Waals surface area contributed by atoms with E-state index in [-0.39, 0.29) is 5.91 Å². The van der Waals surface area contributed by atoms with Gasteiger partial charge in [-0.2, -0.15) is 5.10 Å². The fraction of sp³-hybridized carbons (Fsp3) is 0.417. The van der Waals surface area contributed by atoms with Crippen LogP contribution in [0.4, 0.5) is 5.82 Å². The average Bonchev–Trinajstić information content (AvgIpc) is 2.79. The average molecular weight is 260 g/mol. The van der Waals surface area contributed by atoms with Crippen molar-refractivity contribution in [3.05, 3.63) is 24.2 Å². The zero-order chi connectivity index (χ0) is 13.4. The van der Waals surface area contributed by atoms with E-state index in [1.54, 1.807) is 9.42 Å². The number of nitrogens with zero attached hydrogens (tertiary/aromatic N) is 5. The van der Waals surface area contributed by atoms with E-state index in [4.69, 9.17) is 5.73 Å². The monoisotopic (exact) mass is 260 g/mol. The lowest BCUT2D eigenvalue weighted by atomic mass is 10.3. The minimum absolute atomic E-state index is 0.154. The number of fused-ring (bicyclic) bond motifs is 1. The molecule has 1 saturated heterocycles. The summed E-state index contributed by atoms with van der Waals surface area (Å²) in [5.41, 5.74) is 7.62. The molecule has 7 nitrogen and oxygen atoms in total. The second-order valence-corrected chi connectivity index (χ2v) is 4.79. The van der Waals surface area contributed by atoms with Gasteiger partial charge < -0.3 is 10.6 Å². The van der Waals surface area contributed by atoms with Gasteiger partial charge in [-0.15, -0.1) is 0 Å². The van der Waals surface area contributed by atoms with Crippen LogP contribution in [0, 0.1) is 0 Å². The minimum Gasteiger partial charge on any atom is -0.382 e. The number of aromatic nitrogens is 3. The van der Waals surface area contributed by atoms with Gasteiger partial charge in [0.05, 0.1) is 12.2 Å². The van der Waals surface area contributed by atoms with E-state index >= 15 is 0 Å². The summed E-state index contributed by atoms with van der Waals surface area (Å²) < 4.78 is 1.78. The van der Waals surface area contributed by atoms with Gasteiger partial charge in [-0.3, -0.25) is 9.69 Å².